The SMILES string of the molecule is CCNC(=NCc1ccc(N2CC=CC2)cc1)N1CCN(CC(=O)N2CCOCC2)CC1.I. The molecule has 3 heterocycles. The van der Waals surface area contributed by atoms with Gasteiger partial charge in [-0.2, -0.15) is 0 Å². The molecule has 1 N–H and O–H groups in total. The summed E-state index contributed by atoms with van der Waals surface area (Å²) in [6, 6.07) is 8.73. The molecule has 0 bridgehead atoms. The quantitative estimate of drug-likeness (QED) is 0.244. The fourth-order valence-electron chi connectivity index (χ4n) is 4.31. The van der Waals surface area contributed by atoms with Crippen LogP contribution in [0.5, 0.6) is 0 Å². The van der Waals surface area contributed by atoms with Gasteiger partial charge in [0.15, 0.2) is 5.96 Å². The highest BCUT2D eigenvalue weighted by molar-refractivity contribution is 14.0. The van der Waals surface area contributed by atoms with Gasteiger partial charge in [-0.15, -0.1) is 24.0 Å². The molecule has 0 spiro atoms. The Hall–Kier alpha value is -1.85. The Bertz CT molecular complexity index is 794. The van der Waals surface area contributed by atoms with Crippen LogP contribution in [-0.2, 0) is 16.1 Å². The molecular weight excluding hydrogens is 531 g/mol. The fourth-order valence-corrected chi connectivity index (χ4v) is 4.31. The number of benzene rings is 1. The van der Waals surface area contributed by atoms with E-state index in [2.05, 4.69) is 63.4 Å². The number of hydrogen-bond acceptors (Lipinski definition) is 5. The molecule has 1 amide bonds. The Morgan fingerprint density at radius 2 is 1.64 bits per heavy atom. The van der Waals surface area contributed by atoms with Crippen LogP contribution < -0.4 is 10.2 Å². The number of rotatable bonds is 6. The minimum atomic E-state index is 0. The predicted molar refractivity (Wildman–Crippen MR) is 143 cm³/mol. The van der Waals surface area contributed by atoms with E-state index in [1.165, 1.54) is 11.3 Å². The summed E-state index contributed by atoms with van der Waals surface area (Å²) in [7, 11) is 0. The largest absolute Gasteiger partial charge is 0.378 e. The molecule has 182 valence electrons. The fraction of sp³-hybridized carbons (Fsp3) is 0.583. The lowest BCUT2D eigenvalue weighted by Gasteiger charge is -2.37. The minimum Gasteiger partial charge on any atom is -0.378 e. The van der Waals surface area contributed by atoms with Gasteiger partial charge in [-0.25, -0.2) is 4.99 Å². The van der Waals surface area contributed by atoms with E-state index in [-0.39, 0.29) is 29.9 Å². The lowest BCUT2D eigenvalue weighted by molar-refractivity contribution is -0.136. The molecule has 3 aliphatic heterocycles. The second kappa shape index (κ2) is 13.1. The molecule has 4 rings (SSSR count). The maximum atomic E-state index is 12.5. The highest BCUT2D eigenvalue weighted by Crippen LogP contribution is 2.18. The molecular formula is C24H37IN6O2. The molecule has 8 nitrogen and oxygen atoms in total. The van der Waals surface area contributed by atoms with E-state index in [9.17, 15) is 4.79 Å². The van der Waals surface area contributed by atoms with Gasteiger partial charge in [-0.1, -0.05) is 24.3 Å². The van der Waals surface area contributed by atoms with Crippen LogP contribution in [0.3, 0.4) is 0 Å². The Labute approximate surface area is 214 Å². The number of halogens is 1. The van der Waals surface area contributed by atoms with Crippen molar-refractivity contribution >= 4 is 41.5 Å². The summed E-state index contributed by atoms with van der Waals surface area (Å²) in [4.78, 5) is 26.2. The topological polar surface area (TPSA) is 63.7 Å². The van der Waals surface area contributed by atoms with E-state index in [1.807, 2.05) is 4.90 Å². The molecule has 0 unspecified atom stereocenters. The third kappa shape index (κ3) is 7.31. The van der Waals surface area contributed by atoms with Crippen molar-refractivity contribution in [3.8, 4) is 0 Å². The first-order valence-corrected chi connectivity index (χ1v) is 11.8. The van der Waals surface area contributed by atoms with Crippen LogP contribution in [0.4, 0.5) is 5.69 Å². The van der Waals surface area contributed by atoms with Crippen molar-refractivity contribution in [1.82, 2.24) is 20.0 Å². The number of amides is 1. The number of morpholine rings is 1. The molecule has 0 aromatic heterocycles. The van der Waals surface area contributed by atoms with E-state index in [1.54, 1.807) is 0 Å². The molecule has 0 atom stereocenters. The number of aliphatic imine (C=N–C) groups is 1. The molecule has 1 aromatic carbocycles. The number of guanidine groups is 1. The van der Waals surface area contributed by atoms with Crippen LogP contribution in [0.2, 0.25) is 0 Å². The van der Waals surface area contributed by atoms with Gasteiger partial charge in [0.05, 0.1) is 26.3 Å². The number of nitrogens with one attached hydrogen (secondary N) is 1. The third-order valence-corrected chi connectivity index (χ3v) is 6.26. The van der Waals surface area contributed by atoms with Gasteiger partial charge in [0.25, 0.3) is 0 Å². The zero-order valence-corrected chi connectivity index (χ0v) is 21.9. The molecule has 1 aromatic rings. The van der Waals surface area contributed by atoms with Crippen LogP contribution in [0.25, 0.3) is 0 Å². The molecule has 2 fully saturated rings. The maximum Gasteiger partial charge on any atom is 0.236 e. The average molecular weight is 569 g/mol. The van der Waals surface area contributed by atoms with Gasteiger partial charge in [-0.3, -0.25) is 9.69 Å². The van der Waals surface area contributed by atoms with Gasteiger partial charge in [-0.05, 0) is 24.6 Å². The van der Waals surface area contributed by atoms with Crippen molar-refractivity contribution in [3.05, 3.63) is 42.0 Å². The minimum absolute atomic E-state index is 0. The normalized spacial score (nSPS) is 19.5. The summed E-state index contributed by atoms with van der Waals surface area (Å²) in [5.74, 6) is 1.18. The lowest BCUT2D eigenvalue weighted by Crippen LogP contribution is -2.54. The third-order valence-electron chi connectivity index (χ3n) is 6.26. The summed E-state index contributed by atoms with van der Waals surface area (Å²) in [6.07, 6.45) is 4.42. The van der Waals surface area contributed by atoms with Crippen molar-refractivity contribution in [2.24, 2.45) is 4.99 Å². The van der Waals surface area contributed by atoms with Crippen molar-refractivity contribution in [1.29, 1.82) is 0 Å². The van der Waals surface area contributed by atoms with Gasteiger partial charge in [0.2, 0.25) is 5.91 Å². The summed E-state index contributed by atoms with van der Waals surface area (Å²) in [5.41, 5.74) is 2.48. The molecule has 2 saturated heterocycles. The van der Waals surface area contributed by atoms with Crippen molar-refractivity contribution in [2.45, 2.75) is 13.5 Å². The van der Waals surface area contributed by atoms with Gasteiger partial charge >= 0.3 is 0 Å². The Balaban J connectivity index is 0.00000306. The molecule has 0 radical (unpaired) electrons. The number of anilines is 1. The number of carbonyl (C=O) groups is 1. The van der Waals surface area contributed by atoms with Crippen LogP contribution in [0.15, 0.2) is 41.4 Å². The standard InChI is InChI=1S/C24H36N6O2.HI/c1-2-25-24(26-19-21-5-7-22(8-6-21)28-9-3-4-10-28)30-13-11-27(12-14-30)20-23(31)29-15-17-32-18-16-29;/h3-8H,2,9-20H2,1H3,(H,25,26);1H. The zero-order chi connectivity index (χ0) is 22.2. The number of nitrogens with zero attached hydrogens (tertiary/aromatic N) is 5. The Kier molecular flexibility index (Phi) is 10.3. The maximum absolute atomic E-state index is 12.5. The summed E-state index contributed by atoms with van der Waals surface area (Å²) in [6.45, 7) is 12.3. The van der Waals surface area contributed by atoms with Crippen LogP contribution in [0.1, 0.15) is 12.5 Å². The number of carbonyl (C=O) groups excluding carboxylic acids is 1. The first-order valence-electron chi connectivity index (χ1n) is 11.8. The van der Waals surface area contributed by atoms with Crippen LogP contribution in [-0.4, -0.2) is 105 Å². The number of hydrogen-bond donors (Lipinski definition) is 1. The highest BCUT2D eigenvalue weighted by atomic mass is 127. The van der Waals surface area contributed by atoms with E-state index in [0.717, 1.165) is 51.8 Å². The molecule has 3 aliphatic rings. The van der Waals surface area contributed by atoms with Gasteiger partial charge in [0, 0.05) is 64.6 Å². The van der Waals surface area contributed by atoms with E-state index < -0.39 is 0 Å². The lowest BCUT2D eigenvalue weighted by atomic mass is 10.2. The second-order valence-electron chi connectivity index (χ2n) is 8.47. The van der Waals surface area contributed by atoms with Gasteiger partial charge in [0.1, 0.15) is 0 Å². The summed E-state index contributed by atoms with van der Waals surface area (Å²) >= 11 is 0. The molecule has 33 heavy (non-hydrogen) atoms. The average Bonchev–Trinajstić information content (AvgIpc) is 3.38. The van der Waals surface area contributed by atoms with Crippen LogP contribution >= 0.6 is 24.0 Å². The molecule has 9 heteroatoms. The number of piperazine rings is 1. The summed E-state index contributed by atoms with van der Waals surface area (Å²) < 4.78 is 5.35. The van der Waals surface area contributed by atoms with E-state index in [0.29, 0.717) is 39.4 Å². The van der Waals surface area contributed by atoms with Crippen LogP contribution in [0, 0.1) is 0 Å². The monoisotopic (exact) mass is 568 g/mol. The Morgan fingerprint density at radius 3 is 2.27 bits per heavy atom. The van der Waals surface area contributed by atoms with E-state index >= 15 is 0 Å². The molecule has 0 saturated carbocycles. The van der Waals surface area contributed by atoms with Crippen molar-refractivity contribution < 1.29 is 9.53 Å². The van der Waals surface area contributed by atoms with Crippen molar-refractivity contribution in [3.63, 3.8) is 0 Å². The van der Waals surface area contributed by atoms with Crippen molar-refractivity contribution in [2.75, 3.05) is 83.6 Å². The first-order chi connectivity index (χ1) is 15.7. The smallest absolute Gasteiger partial charge is 0.236 e. The zero-order valence-electron chi connectivity index (χ0n) is 19.6. The first kappa shape index (κ1) is 25.8. The van der Waals surface area contributed by atoms with Gasteiger partial charge < -0.3 is 24.8 Å². The highest BCUT2D eigenvalue weighted by Gasteiger charge is 2.24. The Morgan fingerprint density at radius 1 is 0.970 bits per heavy atom. The van der Waals surface area contributed by atoms with E-state index in [4.69, 9.17) is 9.73 Å². The second-order valence-corrected chi connectivity index (χ2v) is 8.47. The summed E-state index contributed by atoms with van der Waals surface area (Å²) in [5, 5.41) is 3.44. The predicted octanol–water partition coefficient (Wildman–Crippen LogP) is 1.62. The molecule has 0 aliphatic carbocycles. The number of ether oxygens (including phenoxy) is 1.